The first kappa shape index (κ1) is 13.3. The Hall–Kier alpha value is -0.810. The lowest BCUT2D eigenvalue weighted by Gasteiger charge is -2.40. The minimum atomic E-state index is -0.325. The van der Waals surface area contributed by atoms with Gasteiger partial charge in [0.2, 0.25) is 0 Å². The molecule has 2 unspecified atom stereocenters. The van der Waals surface area contributed by atoms with Gasteiger partial charge in [0.05, 0.1) is 19.3 Å². The first-order valence-electron chi connectivity index (χ1n) is 5.87. The fourth-order valence-corrected chi connectivity index (χ4v) is 1.86. The van der Waals surface area contributed by atoms with E-state index in [0.29, 0.717) is 25.6 Å². The van der Waals surface area contributed by atoms with Crippen LogP contribution >= 0.6 is 0 Å². The van der Waals surface area contributed by atoms with E-state index in [1.54, 1.807) is 11.8 Å². The second-order valence-electron chi connectivity index (χ2n) is 4.45. The summed E-state index contributed by atoms with van der Waals surface area (Å²) < 4.78 is 4.99. The Morgan fingerprint density at radius 3 is 2.81 bits per heavy atom. The molecule has 0 spiro atoms. The van der Waals surface area contributed by atoms with Crippen LogP contribution in [0.15, 0.2) is 0 Å². The third kappa shape index (κ3) is 3.09. The smallest absolute Gasteiger partial charge is 0.410 e. The number of hydrogen-bond donors (Lipinski definition) is 2. The highest BCUT2D eigenvalue weighted by Gasteiger charge is 2.32. The van der Waals surface area contributed by atoms with Crippen molar-refractivity contribution in [2.45, 2.75) is 32.9 Å². The van der Waals surface area contributed by atoms with E-state index in [1.807, 2.05) is 0 Å². The predicted molar refractivity (Wildman–Crippen MR) is 61.2 cm³/mol. The fourth-order valence-electron chi connectivity index (χ4n) is 1.86. The maximum atomic E-state index is 11.7. The second-order valence-corrected chi connectivity index (χ2v) is 4.45. The average Bonchev–Trinajstić information content (AvgIpc) is 2.28. The normalized spacial score (nSPS) is 25.9. The average molecular weight is 230 g/mol. The van der Waals surface area contributed by atoms with E-state index < -0.39 is 0 Å². The van der Waals surface area contributed by atoms with Crippen molar-refractivity contribution in [3.63, 3.8) is 0 Å². The predicted octanol–water partition coefficient (Wildman–Crippen LogP) is 0.434. The number of hydrogen-bond acceptors (Lipinski definition) is 4. The van der Waals surface area contributed by atoms with Gasteiger partial charge < -0.3 is 20.1 Å². The molecular weight excluding hydrogens is 208 g/mol. The molecule has 1 amide bonds. The van der Waals surface area contributed by atoms with Gasteiger partial charge in [0.15, 0.2) is 0 Å². The third-order valence-electron chi connectivity index (χ3n) is 2.97. The quantitative estimate of drug-likeness (QED) is 0.738. The number of carbonyl (C=O) groups is 1. The van der Waals surface area contributed by atoms with Crippen LogP contribution in [-0.2, 0) is 4.74 Å². The van der Waals surface area contributed by atoms with Crippen LogP contribution in [0.25, 0.3) is 0 Å². The van der Waals surface area contributed by atoms with Gasteiger partial charge >= 0.3 is 6.09 Å². The number of piperazine rings is 1. The van der Waals surface area contributed by atoms with E-state index in [9.17, 15) is 9.90 Å². The standard InChI is InChI=1S/C11H22N2O3/c1-4-16-11(15)13-6-10(8(2)3)12-5-9(13)7-14/h8-10,12,14H,4-7H2,1-3H3. The highest BCUT2D eigenvalue weighted by atomic mass is 16.6. The number of carbonyl (C=O) groups excluding carboxylic acids is 1. The van der Waals surface area contributed by atoms with Crippen LogP contribution in [0.1, 0.15) is 20.8 Å². The number of aliphatic hydroxyl groups is 1. The van der Waals surface area contributed by atoms with E-state index in [4.69, 9.17) is 4.74 Å². The molecular formula is C11H22N2O3. The summed E-state index contributed by atoms with van der Waals surface area (Å²) in [5, 5.41) is 12.6. The van der Waals surface area contributed by atoms with Gasteiger partial charge in [0.1, 0.15) is 0 Å². The van der Waals surface area contributed by atoms with E-state index in [1.165, 1.54) is 0 Å². The fraction of sp³-hybridized carbons (Fsp3) is 0.909. The van der Waals surface area contributed by atoms with Gasteiger partial charge in [-0.25, -0.2) is 4.79 Å². The molecule has 1 heterocycles. The summed E-state index contributed by atoms with van der Waals surface area (Å²) in [6.45, 7) is 7.57. The van der Waals surface area contributed by atoms with E-state index in [0.717, 1.165) is 0 Å². The maximum Gasteiger partial charge on any atom is 0.410 e. The van der Waals surface area contributed by atoms with Crippen LogP contribution in [0.4, 0.5) is 4.79 Å². The van der Waals surface area contributed by atoms with E-state index in [-0.39, 0.29) is 24.8 Å². The van der Waals surface area contributed by atoms with Crippen LogP contribution < -0.4 is 5.32 Å². The first-order valence-corrected chi connectivity index (χ1v) is 5.87. The Morgan fingerprint density at radius 1 is 1.62 bits per heavy atom. The van der Waals surface area contributed by atoms with Gasteiger partial charge in [-0.05, 0) is 12.8 Å². The molecule has 0 aromatic rings. The van der Waals surface area contributed by atoms with Crippen molar-refractivity contribution in [1.82, 2.24) is 10.2 Å². The highest BCUT2D eigenvalue weighted by molar-refractivity contribution is 5.68. The molecule has 2 N–H and O–H groups in total. The Balaban J connectivity index is 2.63. The molecule has 2 atom stereocenters. The molecule has 0 aromatic carbocycles. The van der Waals surface area contributed by atoms with E-state index in [2.05, 4.69) is 19.2 Å². The monoisotopic (exact) mass is 230 g/mol. The molecule has 1 saturated heterocycles. The van der Waals surface area contributed by atoms with E-state index >= 15 is 0 Å². The minimum Gasteiger partial charge on any atom is -0.450 e. The third-order valence-corrected chi connectivity index (χ3v) is 2.97. The maximum absolute atomic E-state index is 11.7. The minimum absolute atomic E-state index is 0.0311. The summed E-state index contributed by atoms with van der Waals surface area (Å²) in [6, 6.07) is 0.0984. The zero-order valence-corrected chi connectivity index (χ0v) is 10.3. The molecule has 1 aliphatic heterocycles. The van der Waals surface area contributed by atoms with Gasteiger partial charge in [-0.2, -0.15) is 0 Å². The number of nitrogens with one attached hydrogen (secondary N) is 1. The number of aliphatic hydroxyl groups excluding tert-OH is 1. The van der Waals surface area contributed by atoms with Crippen molar-refractivity contribution < 1.29 is 14.6 Å². The van der Waals surface area contributed by atoms with Crippen molar-refractivity contribution in [2.24, 2.45) is 5.92 Å². The summed E-state index contributed by atoms with van der Waals surface area (Å²) in [6.07, 6.45) is -0.325. The van der Waals surface area contributed by atoms with Crippen molar-refractivity contribution >= 4 is 6.09 Å². The molecule has 0 bridgehead atoms. The molecule has 1 fully saturated rings. The Bertz CT molecular complexity index is 233. The van der Waals surface area contributed by atoms with Crippen LogP contribution in [0.2, 0.25) is 0 Å². The Kier molecular flexibility index (Phi) is 5.02. The largest absolute Gasteiger partial charge is 0.450 e. The molecule has 1 rings (SSSR count). The zero-order chi connectivity index (χ0) is 12.1. The molecule has 0 radical (unpaired) electrons. The first-order chi connectivity index (χ1) is 7.60. The van der Waals surface area contributed by atoms with Crippen LogP contribution in [-0.4, -0.2) is 54.5 Å². The summed E-state index contributed by atoms with van der Waals surface area (Å²) in [5.74, 6) is 0.455. The van der Waals surface area contributed by atoms with Crippen LogP contribution in [0.3, 0.4) is 0 Å². The van der Waals surface area contributed by atoms with Crippen molar-refractivity contribution in [2.75, 3.05) is 26.3 Å². The van der Waals surface area contributed by atoms with Crippen molar-refractivity contribution in [1.29, 1.82) is 0 Å². The molecule has 94 valence electrons. The van der Waals surface area contributed by atoms with Gasteiger partial charge in [0, 0.05) is 19.1 Å². The summed E-state index contributed by atoms with van der Waals surface area (Å²) in [5.41, 5.74) is 0. The van der Waals surface area contributed by atoms with Crippen molar-refractivity contribution in [3.05, 3.63) is 0 Å². The van der Waals surface area contributed by atoms with Gasteiger partial charge in [-0.1, -0.05) is 13.8 Å². The number of ether oxygens (including phenoxy) is 1. The Morgan fingerprint density at radius 2 is 2.31 bits per heavy atom. The van der Waals surface area contributed by atoms with Crippen LogP contribution in [0, 0.1) is 5.92 Å². The molecule has 5 heteroatoms. The SMILES string of the molecule is CCOC(=O)N1CC(C(C)C)NCC1CO. The number of amides is 1. The van der Waals surface area contributed by atoms with Crippen molar-refractivity contribution in [3.8, 4) is 0 Å². The highest BCUT2D eigenvalue weighted by Crippen LogP contribution is 2.13. The summed E-state index contributed by atoms with van der Waals surface area (Å²) in [4.78, 5) is 13.3. The van der Waals surface area contributed by atoms with Crippen LogP contribution in [0.5, 0.6) is 0 Å². The lowest BCUT2D eigenvalue weighted by molar-refractivity contribution is 0.0460. The molecule has 0 aliphatic carbocycles. The molecule has 16 heavy (non-hydrogen) atoms. The second kappa shape index (κ2) is 6.06. The number of nitrogens with zero attached hydrogens (tertiary/aromatic N) is 1. The Labute approximate surface area is 96.8 Å². The molecule has 5 nitrogen and oxygen atoms in total. The van der Waals surface area contributed by atoms with Gasteiger partial charge in [-0.3, -0.25) is 0 Å². The zero-order valence-electron chi connectivity index (χ0n) is 10.3. The molecule has 0 saturated carbocycles. The lowest BCUT2D eigenvalue weighted by Crippen LogP contribution is -2.60. The van der Waals surface area contributed by atoms with Gasteiger partial charge in [0.25, 0.3) is 0 Å². The molecule has 0 aromatic heterocycles. The number of rotatable bonds is 3. The topological polar surface area (TPSA) is 61.8 Å². The summed E-state index contributed by atoms with van der Waals surface area (Å²) in [7, 11) is 0. The molecule has 1 aliphatic rings. The van der Waals surface area contributed by atoms with Gasteiger partial charge in [-0.15, -0.1) is 0 Å². The lowest BCUT2D eigenvalue weighted by atomic mass is 10.00. The summed E-state index contributed by atoms with van der Waals surface area (Å²) >= 11 is 0.